The average Bonchev–Trinajstić information content (AvgIpc) is 2.80. The molecule has 2 rings (SSSR count). The Hall–Kier alpha value is -1.84. The summed E-state index contributed by atoms with van der Waals surface area (Å²) in [6.45, 7) is 2.21. The minimum atomic E-state index is -0.174. The van der Waals surface area contributed by atoms with Crippen molar-refractivity contribution < 1.29 is 4.92 Å². The number of aryl methyl sites for hydroxylation is 1. The fourth-order valence-corrected chi connectivity index (χ4v) is 3.04. The van der Waals surface area contributed by atoms with Crippen LogP contribution in [0.2, 0.25) is 0 Å². The van der Waals surface area contributed by atoms with E-state index in [1.165, 1.54) is 12.8 Å². The zero-order valence-electron chi connectivity index (χ0n) is 12.9. The van der Waals surface area contributed by atoms with Crippen LogP contribution in [0.4, 0.5) is 0 Å². The molecule has 0 aliphatic rings. The van der Waals surface area contributed by atoms with Gasteiger partial charge in [0.15, 0.2) is 0 Å². The first-order valence-electron chi connectivity index (χ1n) is 7.79. The zero-order valence-corrected chi connectivity index (χ0v) is 12.9. The van der Waals surface area contributed by atoms with Gasteiger partial charge in [-0.3, -0.25) is 10.1 Å². The molecule has 0 saturated carbocycles. The summed E-state index contributed by atoms with van der Waals surface area (Å²) >= 11 is 0. The molecule has 0 aliphatic carbocycles. The van der Waals surface area contributed by atoms with Crippen LogP contribution in [0.5, 0.6) is 0 Å². The minimum absolute atomic E-state index is 0.0166. The van der Waals surface area contributed by atoms with Gasteiger partial charge in [-0.15, -0.1) is 0 Å². The minimum Gasteiger partial charge on any atom is -0.350 e. The lowest BCUT2D eigenvalue weighted by atomic mass is 9.92. The van der Waals surface area contributed by atoms with Crippen molar-refractivity contribution in [3.8, 4) is 0 Å². The first-order valence-corrected chi connectivity index (χ1v) is 7.79. The predicted octanol–water partition coefficient (Wildman–Crippen LogP) is 4.51. The first kappa shape index (κ1) is 15.5. The number of benzene rings is 1. The second-order valence-electron chi connectivity index (χ2n) is 5.77. The number of hydrogen-bond donors (Lipinski definition) is 0. The number of para-hydroxylation sites is 1. The van der Waals surface area contributed by atoms with Crippen LogP contribution in [0.15, 0.2) is 30.5 Å². The molecule has 0 radical (unpaired) electrons. The van der Waals surface area contributed by atoms with E-state index in [0.717, 1.165) is 35.7 Å². The molecule has 0 saturated heterocycles. The van der Waals surface area contributed by atoms with Crippen molar-refractivity contribution in [1.82, 2.24) is 4.57 Å². The van der Waals surface area contributed by atoms with Gasteiger partial charge in [0.05, 0.1) is 5.92 Å². The highest BCUT2D eigenvalue weighted by Gasteiger charge is 2.21. The molecule has 0 fully saturated rings. The predicted molar refractivity (Wildman–Crippen MR) is 86.3 cm³/mol. The Morgan fingerprint density at radius 2 is 2.00 bits per heavy atom. The third-order valence-corrected chi connectivity index (χ3v) is 4.14. The number of nitrogens with zero attached hydrogens (tertiary/aromatic N) is 2. The number of rotatable bonds is 8. The van der Waals surface area contributed by atoms with E-state index in [0.29, 0.717) is 0 Å². The van der Waals surface area contributed by atoms with Crippen LogP contribution in [-0.2, 0) is 7.05 Å². The van der Waals surface area contributed by atoms with E-state index in [1.807, 2.05) is 19.2 Å². The Balaban J connectivity index is 2.23. The van der Waals surface area contributed by atoms with Crippen molar-refractivity contribution >= 4 is 10.9 Å². The maximum absolute atomic E-state index is 11.0. The fraction of sp³-hybridized carbons (Fsp3) is 0.529. The van der Waals surface area contributed by atoms with E-state index in [4.69, 9.17) is 0 Å². The van der Waals surface area contributed by atoms with Crippen molar-refractivity contribution in [2.45, 2.75) is 44.9 Å². The molecule has 1 aromatic heterocycles. The van der Waals surface area contributed by atoms with Crippen LogP contribution in [0, 0.1) is 10.1 Å². The lowest BCUT2D eigenvalue weighted by molar-refractivity contribution is -0.483. The van der Waals surface area contributed by atoms with Gasteiger partial charge >= 0.3 is 0 Å². The van der Waals surface area contributed by atoms with Crippen molar-refractivity contribution in [2.75, 3.05) is 6.54 Å². The molecule has 1 aromatic carbocycles. The summed E-state index contributed by atoms with van der Waals surface area (Å²) in [7, 11) is 2.01. The molecule has 4 heteroatoms. The standard InChI is InChI=1S/C17H24N2O2/c1-3-4-5-6-9-14(12-19(20)21)16-13-18(2)17-11-8-7-10-15(16)17/h7-8,10-11,13-14H,3-6,9,12H2,1-2H3. The fourth-order valence-electron chi connectivity index (χ4n) is 3.04. The molecule has 21 heavy (non-hydrogen) atoms. The first-order chi connectivity index (χ1) is 10.1. The van der Waals surface area contributed by atoms with Crippen LogP contribution >= 0.6 is 0 Å². The van der Waals surface area contributed by atoms with Crippen LogP contribution in [-0.4, -0.2) is 16.0 Å². The van der Waals surface area contributed by atoms with Gasteiger partial charge in [-0.2, -0.15) is 0 Å². The summed E-state index contributed by atoms with van der Waals surface area (Å²) in [6, 6.07) is 8.16. The van der Waals surface area contributed by atoms with Crippen molar-refractivity contribution in [2.24, 2.45) is 7.05 Å². The number of nitro groups is 1. The lowest BCUT2D eigenvalue weighted by Gasteiger charge is -2.12. The Morgan fingerprint density at radius 3 is 2.71 bits per heavy atom. The molecule has 0 spiro atoms. The maximum Gasteiger partial charge on any atom is 0.210 e. The molecule has 0 amide bonds. The Bertz CT molecular complexity index is 604. The van der Waals surface area contributed by atoms with E-state index < -0.39 is 0 Å². The van der Waals surface area contributed by atoms with Crippen molar-refractivity contribution in [1.29, 1.82) is 0 Å². The van der Waals surface area contributed by atoms with Gasteiger partial charge in [0.1, 0.15) is 0 Å². The largest absolute Gasteiger partial charge is 0.350 e. The molecule has 1 unspecified atom stereocenters. The smallest absolute Gasteiger partial charge is 0.210 e. The van der Waals surface area contributed by atoms with Gasteiger partial charge in [-0.05, 0) is 18.1 Å². The number of fused-ring (bicyclic) bond motifs is 1. The third-order valence-electron chi connectivity index (χ3n) is 4.14. The van der Waals surface area contributed by atoms with Crippen LogP contribution in [0.25, 0.3) is 10.9 Å². The quantitative estimate of drug-likeness (QED) is 0.407. The summed E-state index contributed by atoms with van der Waals surface area (Å²) < 4.78 is 2.07. The summed E-state index contributed by atoms with van der Waals surface area (Å²) in [6.07, 6.45) is 7.59. The zero-order chi connectivity index (χ0) is 15.2. The topological polar surface area (TPSA) is 48.1 Å². The van der Waals surface area contributed by atoms with Gasteiger partial charge in [0.2, 0.25) is 6.54 Å². The summed E-state index contributed by atoms with van der Waals surface area (Å²) in [4.78, 5) is 10.8. The van der Waals surface area contributed by atoms with E-state index >= 15 is 0 Å². The number of hydrogen-bond acceptors (Lipinski definition) is 2. The highest BCUT2D eigenvalue weighted by atomic mass is 16.6. The molecular formula is C17H24N2O2. The summed E-state index contributed by atoms with van der Waals surface area (Å²) in [5.74, 6) is 0.0166. The van der Waals surface area contributed by atoms with Gasteiger partial charge in [-0.25, -0.2) is 0 Å². The van der Waals surface area contributed by atoms with E-state index in [-0.39, 0.29) is 17.4 Å². The van der Waals surface area contributed by atoms with Crippen LogP contribution in [0.3, 0.4) is 0 Å². The van der Waals surface area contributed by atoms with E-state index in [1.54, 1.807) is 0 Å². The van der Waals surface area contributed by atoms with E-state index in [2.05, 4.69) is 29.8 Å². The van der Waals surface area contributed by atoms with E-state index in [9.17, 15) is 10.1 Å². The normalized spacial score (nSPS) is 12.7. The molecule has 1 atom stereocenters. The molecule has 4 nitrogen and oxygen atoms in total. The van der Waals surface area contributed by atoms with Crippen LogP contribution < -0.4 is 0 Å². The Labute approximate surface area is 125 Å². The maximum atomic E-state index is 11.0. The monoisotopic (exact) mass is 288 g/mol. The molecule has 2 aromatic rings. The van der Waals surface area contributed by atoms with Crippen molar-refractivity contribution in [3.05, 3.63) is 46.1 Å². The highest BCUT2D eigenvalue weighted by molar-refractivity contribution is 5.84. The van der Waals surface area contributed by atoms with Gasteiger partial charge in [0, 0.05) is 29.1 Å². The molecular weight excluding hydrogens is 264 g/mol. The number of aromatic nitrogens is 1. The average molecular weight is 288 g/mol. The second kappa shape index (κ2) is 7.25. The van der Waals surface area contributed by atoms with Gasteiger partial charge < -0.3 is 4.57 Å². The molecule has 114 valence electrons. The Morgan fingerprint density at radius 1 is 1.24 bits per heavy atom. The van der Waals surface area contributed by atoms with Gasteiger partial charge in [0.25, 0.3) is 0 Å². The molecule has 0 bridgehead atoms. The van der Waals surface area contributed by atoms with Crippen LogP contribution in [0.1, 0.15) is 50.5 Å². The van der Waals surface area contributed by atoms with Crippen molar-refractivity contribution in [3.63, 3.8) is 0 Å². The second-order valence-corrected chi connectivity index (χ2v) is 5.77. The molecule has 0 N–H and O–H groups in total. The highest BCUT2D eigenvalue weighted by Crippen LogP contribution is 2.31. The Kier molecular flexibility index (Phi) is 5.37. The summed E-state index contributed by atoms with van der Waals surface area (Å²) in [5.41, 5.74) is 2.27. The lowest BCUT2D eigenvalue weighted by Crippen LogP contribution is -2.12. The summed E-state index contributed by atoms with van der Waals surface area (Å²) in [5, 5.41) is 12.2. The number of unbranched alkanes of at least 4 members (excludes halogenated alkanes) is 3. The third kappa shape index (κ3) is 3.84. The molecule has 0 aliphatic heterocycles. The van der Waals surface area contributed by atoms with Gasteiger partial charge in [-0.1, -0.05) is 50.8 Å². The SMILES string of the molecule is CCCCCCC(C[N+](=O)[O-])c1cn(C)c2ccccc12. The molecule has 1 heterocycles.